The van der Waals surface area contributed by atoms with E-state index in [4.69, 9.17) is 27.9 Å². The fourth-order valence-electron chi connectivity index (χ4n) is 5.89. The van der Waals surface area contributed by atoms with Crippen molar-refractivity contribution in [3.63, 3.8) is 0 Å². The van der Waals surface area contributed by atoms with E-state index >= 15 is 4.39 Å². The molecule has 42 heavy (non-hydrogen) atoms. The lowest BCUT2D eigenvalue weighted by atomic mass is 9.95. The monoisotopic (exact) mass is 644 g/mol. The predicted octanol–water partition coefficient (Wildman–Crippen LogP) is 6.43. The number of aromatic nitrogens is 2. The lowest BCUT2D eigenvalue weighted by molar-refractivity contribution is -0.137. The van der Waals surface area contributed by atoms with Gasteiger partial charge in [-0.2, -0.15) is 18.2 Å². The number of benzene rings is 2. The molecule has 0 N–H and O–H groups in total. The number of hydrogen-bond donors (Lipinski definition) is 0. The first-order valence-electron chi connectivity index (χ1n) is 12.9. The quantitative estimate of drug-likeness (QED) is 0.181. The molecule has 0 bridgehead atoms. The summed E-state index contributed by atoms with van der Waals surface area (Å²) in [5.74, 6) is -1.02. The van der Waals surface area contributed by atoms with Crippen LogP contribution < -0.4 is 10.6 Å². The first-order valence-corrected chi connectivity index (χ1v) is 14.7. The second-order valence-electron chi connectivity index (χ2n) is 10.3. The van der Waals surface area contributed by atoms with Crippen molar-refractivity contribution in [1.29, 1.82) is 0 Å². The number of anilines is 1. The molecular weight excluding hydrogens is 619 g/mol. The number of ether oxygens (including phenoxy) is 1. The second kappa shape index (κ2) is 11.4. The summed E-state index contributed by atoms with van der Waals surface area (Å²) in [5, 5.41) is -0.180. The minimum atomic E-state index is -4.91. The van der Waals surface area contributed by atoms with Crippen LogP contribution in [-0.4, -0.2) is 65.0 Å². The molecule has 1 amide bonds. The van der Waals surface area contributed by atoms with Gasteiger partial charge in [-0.3, -0.25) is 9.36 Å². The van der Waals surface area contributed by atoms with Crippen LogP contribution in [-0.2, 0) is 15.7 Å². The SMILES string of the molecule is C=CC(=O)N1[C@H](C)CN(c2nc(=O)n3c4c(c(-c5cc(Cl)c(Cl)cc5F)c(C(F)(F)F)cc24)SC[C@@H]3COC)C[C@@H]1C. The maximum atomic E-state index is 15.3. The van der Waals surface area contributed by atoms with Crippen LogP contribution in [0.25, 0.3) is 22.0 Å². The maximum Gasteiger partial charge on any atom is 0.417 e. The van der Waals surface area contributed by atoms with Crippen LogP contribution in [0.15, 0.2) is 40.5 Å². The van der Waals surface area contributed by atoms with E-state index in [1.165, 1.54) is 17.8 Å². The van der Waals surface area contributed by atoms with Gasteiger partial charge in [-0.1, -0.05) is 29.8 Å². The third-order valence-corrected chi connectivity index (χ3v) is 9.48. The molecule has 3 heterocycles. The van der Waals surface area contributed by atoms with Gasteiger partial charge in [0.2, 0.25) is 5.91 Å². The van der Waals surface area contributed by atoms with Crippen molar-refractivity contribution in [3.05, 3.63) is 62.8 Å². The van der Waals surface area contributed by atoms with Gasteiger partial charge in [0, 0.05) is 59.4 Å². The molecule has 1 fully saturated rings. The molecule has 3 atom stereocenters. The Morgan fingerprint density at radius 1 is 1.19 bits per heavy atom. The smallest absolute Gasteiger partial charge is 0.383 e. The predicted molar refractivity (Wildman–Crippen MR) is 156 cm³/mol. The Morgan fingerprint density at radius 2 is 1.83 bits per heavy atom. The lowest BCUT2D eigenvalue weighted by Gasteiger charge is -2.45. The molecule has 1 saturated heterocycles. The van der Waals surface area contributed by atoms with Crippen LogP contribution in [0, 0.1) is 5.82 Å². The van der Waals surface area contributed by atoms with E-state index < -0.39 is 34.9 Å². The zero-order valence-corrected chi connectivity index (χ0v) is 25.1. The van der Waals surface area contributed by atoms with E-state index in [0.29, 0.717) is 0 Å². The number of carbonyl (C=O) groups is 1. The molecule has 0 spiro atoms. The van der Waals surface area contributed by atoms with Crippen molar-refractivity contribution < 1.29 is 27.1 Å². The van der Waals surface area contributed by atoms with Crippen molar-refractivity contribution in [1.82, 2.24) is 14.5 Å². The van der Waals surface area contributed by atoms with Crippen molar-refractivity contribution in [2.75, 3.05) is 37.5 Å². The maximum absolute atomic E-state index is 15.3. The molecule has 14 heteroatoms. The highest BCUT2D eigenvalue weighted by molar-refractivity contribution is 7.99. The van der Waals surface area contributed by atoms with Gasteiger partial charge in [-0.05, 0) is 38.1 Å². The summed E-state index contributed by atoms with van der Waals surface area (Å²) in [4.78, 5) is 33.8. The largest absolute Gasteiger partial charge is 0.417 e. The van der Waals surface area contributed by atoms with Crippen LogP contribution in [0.1, 0.15) is 25.5 Å². The number of rotatable bonds is 5. The van der Waals surface area contributed by atoms with E-state index in [1.54, 1.807) is 23.6 Å². The molecule has 2 aromatic carbocycles. The minimum Gasteiger partial charge on any atom is -0.383 e. The summed E-state index contributed by atoms with van der Waals surface area (Å²) >= 11 is 13.2. The molecule has 0 radical (unpaired) electrons. The normalized spacial score (nSPS) is 20.7. The number of carbonyl (C=O) groups excluding carboxylic acids is 1. The summed E-state index contributed by atoms with van der Waals surface area (Å²) in [5.41, 5.74) is -2.40. The van der Waals surface area contributed by atoms with E-state index in [0.717, 1.165) is 30.0 Å². The number of piperazine rings is 1. The van der Waals surface area contributed by atoms with Gasteiger partial charge in [-0.25, -0.2) is 9.18 Å². The Hall–Kier alpha value is -2.80. The van der Waals surface area contributed by atoms with Crippen LogP contribution in [0.2, 0.25) is 10.0 Å². The number of amides is 1. The lowest BCUT2D eigenvalue weighted by Crippen LogP contribution is -2.58. The van der Waals surface area contributed by atoms with E-state index in [2.05, 4.69) is 11.6 Å². The molecule has 224 valence electrons. The third-order valence-electron chi connectivity index (χ3n) is 7.52. The number of methoxy groups -OCH3 is 1. The number of nitrogens with zero attached hydrogens (tertiary/aromatic N) is 4. The molecule has 2 aliphatic heterocycles. The molecule has 5 rings (SSSR count). The van der Waals surface area contributed by atoms with E-state index in [1.807, 2.05) is 0 Å². The Balaban J connectivity index is 1.85. The number of hydrogen-bond acceptors (Lipinski definition) is 6. The first-order chi connectivity index (χ1) is 19.8. The Labute approximate surface area is 253 Å². The highest BCUT2D eigenvalue weighted by Crippen LogP contribution is 2.51. The van der Waals surface area contributed by atoms with Crippen molar-refractivity contribution in [3.8, 4) is 11.1 Å². The van der Waals surface area contributed by atoms with Crippen LogP contribution in [0.3, 0.4) is 0 Å². The number of halogens is 6. The average Bonchev–Trinajstić information content (AvgIpc) is 2.91. The van der Waals surface area contributed by atoms with Crippen molar-refractivity contribution in [2.24, 2.45) is 0 Å². The van der Waals surface area contributed by atoms with Crippen LogP contribution in [0.5, 0.6) is 0 Å². The van der Waals surface area contributed by atoms with Gasteiger partial charge >= 0.3 is 11.9 Å². The third kappa shape index (κ3) is 5.16. The van der Waals surface area contributed by atoms with Crippen molar-refractivity contribution in [2.45, 2.75) is 43.0 Å². The topological polar surface area (TPSA) is 67.7 Å². The molecular formula is C28H26Cl2F4N4O3S. The van der Waals surface area contributed by atoms with Gasteiger partial charge in [0.15, 0.2) is 0 Å². The molecule has 0 aliphatic carbocycles. The van der Waals surface area contributed by atoms with Gasteiger partial charge in [0.25, 0.3) is 0 Å². The highest BCUT2D eigenvalue weighted by atomic mass is 35.5. The molecule has 0 unspecified atom stereocenters. The fourth-order valence-corrected chi connectivity index (χ4v) is 7.52. The summed E-state index contributed by atoms with van der Waals surface area (Å²) in [7, 11) is 1.46. The minimum absolute atomic E-state index is 0.0576. The van der Waals surface area contributed by atoms with Gasteiger partial charge in [0.1, 0.15) is 11.6 Å². The molecule has 1 aromatic heterocycles. The zero-order chi connectivity index (χ0) is 30.7. The van der Waals surface area contributed by atoms with E-state index in [-0.39, 0.29) is 80.7 Å². The molecule has 3 aromatic rings. The summed E-state index contributed by atoms with van der Waals surface area (Å²) in [6, 6.07) is 1.61. The van der Waals surface area contributed by atoms with Gasteiger partial charge in [-0.15, -0.1) is 11.8 Å². The van der Waals surface area contributed by atoms with Gasteiger partial charge < -0.3 is 14.5 Å². The molecule has 2 aliphatic rings. The molecule has 0 saturated carbocycles. The fraction of sp³-hybridized carbons (Fsp3) is 0.393. The second-order valence-corrected chi connectivity index (χ2v) is 12.2. The van der Waals surface area contributed by atoms with Crippen molar-refractivity contribution >= 4 is 57.6 Å². The van der Waals surface area contributed by atoms with Crippen LogP contribution >= 0.6 is 35.0 Å². The first kappa shape index (κ1) is 30.7. The van der Waals surface area contributed by atoms with Crippen LogP contribution in [0.4, 0.5) is 23.4 Å². The highest BCUT2D eigenvalue weighted by Gasteiger charge is 2.41. The van der Waals surface area contributed by atoms with Gasteiger partial charge in [0.05, 0.1) is 33.8 Å². The Kier molecular flexibility index (Phi) is 8.29. The number of thioether (sulfide) groups is 1. The summed E-state index contributed by atoms with van der Waals surface area (Å²) in [6.07, 6.45) is -3.70. The average molecular weight is 646 g/mol. The standard InChI is InChI=1S/C28H26Cl2F4N4O3S/c1-5-22(39)37-13(2)9-36(10-14(37)3)26-17-6-18(28(32,33)34)23(16-7-19(29)20(30)8-21(16)31)25-24(17)38(27(40)35-26)15(11-41-4)12-42-25/h5-8,13-15H,1,9-12H2,2-4H3/t13-,14+,15-/m0/s1. The Bertz CT molecular complexity index is 1650. The number of alkyl halides is 3. The summed E-state index contributed by atoms with van der Waals surface area (Å²) in [6.45, 7) is 7.69. The zero-order valence-electron chi connectivity index (χ0n) is 22.8. The molecule has 7 nitrogen and oxygen atoms in total. The summed E-state index contributed by atoms with van der Waals surface area (Å²) < 4.78 is 66.3. The van der Waals surface area contributed by atoms with E-state index in [9.17, 15) is 22.8 Å². The Morgan fingerprint density at radius 3 is 2.43 bits per heavy atom.